The van der Waals surface area contributed by atoms with Gasteiger partial charge in [-0.05, 0) is 25.3 Å². The number of hydrogen-bond donors (Lipinski definition) is 0. The first-order chi connectivity index (χ1) is 9.21. The van der Waals surface area contributed by atoms with Crippen molar-refractivity contribution in [3.05, 3.63) is 47.6 Å². The first-order valence-electron chi connectivity index (χ1n) is 6.59. The molecule has 0 unspecified atom stereocenters. The Kier molecular flexibility index (Phi) is 2.93. The summed E-state index contributed by atoms with van der Waals surface area (Å²) in [7, 11) is 0. The lowest BCUT2D eigenvalue weighted by molar-refractivity contribution is -0.117. The molecule has 3 rings (SSSR count). The largest absolute Gasteiger partial charge is 0.339 e. The summed E-state index contributed by atoms with van der Waals surface area (Å²) >= 11 is 0. The lowest BCUT2D eigenvalue weighted by Crippen LogP contribution is -2.10. The summed E-state index contributed by atoms with van der Waals surface area (Å²) in [6.45, 7) is 1.57. The van der Waals surface area contributed by atoms with Crippen molar-refractivity contribution in [3.63, 3.8) is 0 Å². The van der Waals surface area contributed by atoms with Crippen LogP contribution in [-0.2, 0) is 16.6 Å². The van der Waals surface area contributed by atoms with Gasteiger partial charge in [-0.1, -0.05) is 35.5 Å². The van der Waals surface area contributed by atoms with Gasteiger partial charge in [-0.2, -0.15) is 4.98 Å². The third-order valence-electron chi connectivity index (χ3n) is 3.66. The highest BCUT2D eigenvalue weighted by molar-refractivity contribution is 5.75. The Morgan fingerprint density at radius 2 is 2.05 bits per heavy atom. The highest BCUT2D eigenvalue weighted by Crippen LogP contribution is 2.52. The maximum atomic E-state index is 11.0. The Labute approximate surface area is 111 Å². The second-order valence-corrected chi connectivity index (χ2v) is 5.16. The van der Waals surface area contributed by atoms with Crippen LogP contribution in [0.1, 0.15) is 43.5 Å². The quantitative estimate of drug-likeness (QED) is 0.825. The van der Waals surface area contributed by atoms with Crippen molar-refractivity contribution in [1.82, 2.24) is 10.1 Å². The maximum Gasteiger partial charge on any atom is 0.227 e. The summed E-state index contributed by atoms with van der Waals surface area (Å²) in [5.41, 5.74) is 1.19. The van der Waals surface area contributed by atoms with Gasteiger partial charge in [0.1, 0.15) is 5.78 Å². The zero-order chi connectivity index (χ0) is 13.3. The molecule has 98 valence electrons. The summed E-state index contributed by atoms with van der Waals surface area (Å²) in [6.07, 6.45) is 3.11. The Morgan fingerprint density at radius 1 is 1.32 bits per heavy atom. The Hall–Kier alpha value is -1.97. The molecule has 1 heterocycles. The number of rotatable bonds is 5. The number of Topliss-reactive ketones (excluding diaryl/α,β-unsaturated/α-hetero) is 1. The Bertz CT molecular complexity index is 585. The van der Waals surface area contributed by atoms with Crippen LogP contribution in [0.25, 0.3) is 0 Å². The van der Waals surface area contributed by atoms with Crippen LogP contribution in [0.2, 0.25) is 0 Å². The molecule has 0 N–H and O–H groups in total. The molecule has 0 aliphatic heterocycles. The number of carbonyl (C=O) groups excluding carboxylic acids is 1. The van der Waals surface area contributed by atoms with E-state index in [4.69, 9.17) is 4.52 Å². The number of aromatic nitrogens is 2. The lowest BCUT2D eigenvalue weighted by atomic mass is 9.95. The van der Waals surface area contributed by atoms with Crippen LogP contribution in [0.5, 0.6) is 0 Å². The summed E-state index contributed by atoms with van der Waals surface area (Å²) in [5.74, 6) is 1.47. The first kappa shape index (κ1) is 12.1. The SMILES string of the molecule is CC(=O)CCc1nc(C2(c3ccccc3)CC2)no1. The Morgan fingerprint density at radius 3 is 2.68 bits per heavy atom. The molecular weight excluding hydrogens is 240 g/mol. The molecule has 0 atom stereocenters. The molecule has 19 heavy (non-hydrogen) atoms. The molecule has 4 nitrogen and oxygen atoms in total. The molecule has 0 amide bonds. The fourth-order valence-corrected chi connectivity index (χ4v) is 2.36. The van der Waals surface area contributed by atoms with Gasteiger partial charge in [-0.3, -0.25) is 0 Å². The molecule has 0 spiro atoms. The molecule has 1 aliphatic carbocycles. The van der Waals surface area contributed by atoms with Crippen molar-refractivity contribution in [3.8, 4) is 0 Å². The summed E-state index contributed by atoms with van der Waals surface area (Å²) < 4.78 is 5.25. The number of carbonyl (C=O) groups is 1. The monoisotopic (exact) mass is 256 g/mol. The van der Waals surface area contributed by atoms with Gasteiger partial charge in [-0.25, -0.2) is 0 Å². The normalized spacial score (nSPS) is 16.3. The van der Waals surface area contributed by atoms with E-state index in [1.165, 1.54) is 5.56 Å². The van der Waals surface area contributed by atoms with Gasteiger partial charge in [0.05, 0.1) is 5.41 Å². The number of aryl methyl sites for hydroxylation is 1. The van der Waals surface area contributed by atoms with Gasteiger partial charge in [0.2, 0.25) is 5.89 Å². The maximum absolute atomic E-state index is 11.0. The first-order valence-corrected chi connectivity index (χ1v) is 6.59. The highest BCUT2D eigenvalue weighted by atomic mass is 16.5. The molecule has 2 aromatic rings. The van der Waals surface area contributed by atoms with Crippen LogP contribution in [0.4, 0.5) is 0 Å². The van der Waals surface area contributed by atoms with Crippen LogP contribution < -0.4 is 0 Å². The lowest BCUT2D eigenvalue weighted by Gasteiger charge is -2.09. The topological polar surface area (TPSA) is 56.0 Å². The molecule has 4 heteroatoms. The Balaban J connectivity index is 1.81. The second-order valence-electron chi connectivity index (χ2n) is 5.16. The minimum absolute atomic E-state index is 0.0563. The molecule has 1 aromatic heterocycles. The molecule has 1 saturated carbocycles. The minimum Gasteiger partial charge on any atom is -0.339 e. The van der Waals surface area contributed by atoms with E-state index in [1.807, 2.05) is 18.2 Å². The summed E-state index contributed by atoms with van der Waals surface area (Å²) in [4.78, 5) is 15.4. The van der Waals surface area contributed by atoms with Crippen LogP contribution in [0, 0.1) is 0 Å². The van der Waals surface area contributed by atoms with E-state index in [0.29, 0.717) is 18.7 Å². The van der Waals surface area contributed by atoms with Crippen LogP contribution in [-0.4, -0.2) is 15.9 Å². The standard InChI is InChI=1S/C15H16N2O2/c1-11(18)7-8-13-16-14(17-19-13)15(9-10-15)12-5-3-2-4-6-12/h2-6H,7-10H2,1H3. The van der Waals surface area contributed by atoms with E-state index in [9.17, 15) is 4.79 Å². The average Bonchev–Trinajstić information content (AvgIpc) is 3.10. The fourth-order valence-electron chi connectivity index (χ4n) is 2.36. The molecule has 1 fully saturated rings. The van der Waals surface area contributed by atoms with Crippen LogP contribution in [0.15, 0.2) is 34.9 Å². The van der Waals surface area contributed by atoms with Crippen molar-refractivity contribution in [2.75, 3.05) is 0 Å². The number of hydrogen-bond acceptors (Lipinski definition) is 4. The number of nitrogens with zero attached hydrogens (tertiary/aromatic N) is 2. The molecule has 0 saturated heterocycles. The molecule has 1 aromatic carbocycles. The van der Waals surface area contributed by atoms with E-state index in [2.05, 4.69) is 22.3 Å². The van der Waals surface area contributed by atoms with Crippen molar-refractivity contribution >= 4 is 5.78 Å². The molecule has 1 aliphatic rings. The predicted molar refractivity (Wildman–Crippen MR) is 69.8 cm³/mol. The van der Waals surface area contributed by atoms with Gasteiger partial charge in [-0.15, -0.1) is 0 Å². The second kappa shape index (κ2) is 4.61. The van der Waals surface area contributed by atoms with E-state index >= 15 is 0 Å². The third kappa shape index (κ3) is 2.30. The zero-order valence-corrected chi connectivity index (χ0v) is 10.9. The third-order valence-corrected chi connectivity index (χ3v) is 3.66. The minimum atomic E-state index is -0.0563. The van der Waals surface area contributed by atoms with Crippen LogP contribution >= 0.6 is 0 Å². The summed E-state index contributed by atoms with van der Waals surface area (Å²) in [6, 6.07) is 10.3. The van der Waals surface area contributed by atoms with Crippen molar-refractivity contribution < 1.29 is 9.32 Å². The van der Waals surface area contributed by atoms with Crippen molar-refractivity contribution in [2.45, 2.75) is 38.0 Å². The van der Waals surface area contributed by atoms with Gasteiger partial charge in [0, 0.05) is 12.8 Å². The highest BCUT2D eigenvalue weighted by Gasteiger charge is 2.49. The van der Waals surface area contributed by atoms with Gasteiger partial charge >= 0.3 is 0 Å². The number of benzene rings is 1. The predicted octanol–water partition coefficient (Wildman–Crippen LogP) is 2.67. The van der Waals surface area contributed by atoms with Crippen molar-refractivity contribution in [2.24, 2.45) is 0 Å². The van der Waals surface area contributed by atoms with E-state index in [0.717, 1.165) is 18.7 Å². The summed E-state index contributed by atoms with van der Waals surface area (Å²) in [5, 5.41) is 4.11. The van der Waals surface area contributed by atoms with Crippen molar-refractivity contribution in [1.29, 1.82) is 0 Å². The fraction of sp³-hybridized carbons (Fsp3) is 0.400. The van der Waals surface area contributed by atoms with E-state index in [-0.39, 0.29) is 11.2 Å². The molecule has 0 radical (unpaired) electrons. The van der Waals surface area contributed by atoms with Crippen LogP contribution in [0.3, 0.4) is 0 Å². The zero-order valence-electron chi connectivity index (χ0n) is 10.9. The smallest absolute Gasteiger partial charge is 0.227 e. The van der Waals surface area contributed by atoms with E-state index < -0.39 is 0 Å². The average molecular weight is 256 g/mol. The van der Waals surface area contributed by atoms with Gasteiger partial charge in [0.25, 0.3) is 0 Å². The van der Waals surface area contributed by atoms with E-state index in [1.54, 1.807) is 6.92 Å². The number of ketones is 1. The van der Waals surface area contributed by atoms with Gasteiger partial charge < -0.3 is 9.32 Å². The molecular formula is C15H16N2O2. The molecule has 0 bridgehead atoms. The van der Waals surface area contributed by atoms with Gasteiger partial charge in [0.15, 0.2) is 5.82 Å².